The quantitative estimate of drug-likeness (QED) is 0.793. The molecule has 0 spiro atoms. The molecule has 6 heteroatoms. The van der Waals surface area contributed by atoms with Gasteiger partial charge in [0, 0.05) is 30.3 Å². The molecule has 0 bridgehead atoms. The third kappa shape index (κ3) is 2.14. The Morgan fingerprint density at radius 2 is 2.05 bits per heavy atom. The number of hydrogen-bond acceptors (Lipinski definition) is 5. The van der Waals surface area contributed by atoms with E-state index in [1.807, 2.05) is 30.5 Å². The van der Waals surface area contributed by atoms with Gasteiger partial charge in [-0.15, -0.1) is 10.2 Å². The second kappa shape index (κ2) is 5.23. The van der Waals surface area contributed by atoms with Crippen LogP contribution in [-0.2, 0) is 6.42 Å². The topological polar surface area (TPSA) is 78.9 Å². The predicted octanol–water partition coefficient (Wildman–Crippen LogP) is 1.59. The number of aromatic nitrogens is 4. The Labute approximate surface area is 127 Å². The fourth-order valence-corrected chi connectivity index (χ4v) is 2.71. The molecule has 4 rings (SSSR count). The molecule has 1 aliphatic rings. The van der Waals surface area contributed by atoms with E-state index in [0.29, 0.717) is 6.54 Å². The summed E-state index contributed by atoms with van der Waals surface area (Å²) in [6, 6.07) is 10.1. The molecule has 1 aliphatic heterocycles. The van der Waals surface area contributed by atoms with E-state index in [1.54, 1.807) is 17.2 Å². The summed E-state index contributed by atoms with van der Waals surface area (Å²) in [5.74, 6) is 1.71. The molecular weight excluding hydrogens is 278 g/mol. The van der Waals surface area contributed by atoms with Crippen molar-refractivity contribution in [1.82, 2.24) is 19.7 Å². The Balaban J connectivity index is 1.70. The van der Waals surface area contributed by atoms with E-state index in [0.717, 1.165) is 29.1 Å². The number of hydrogen-bond donors (Lipinski definition) is 1. The van der Waals surface area contributed by atoms with Crippen molar-refractivity contribution < 1.29 is 4.74 Å². The van der Waals surface area contributed by atoms with Gasteiger partial charge in [0.25, 0.3) is 0 Å². The van der Waals surface area contributed by atoms with Gasteiger partial charge in [0.2, 0.25) is 0 Å². The highest BCUT2D eigenvalue weighted by molar-refractivity contribution is 5.72. The highest BCUT2D eigenvalue weighted by Crippen LogP contribution is 2.38. The van der Waals surface area contributed by atoms with Crippen LogP contribution in [0.1, 0.15) is 5.56 Å². The summed E-state index contributed by atoms with van der Waals surface area (Å²) in [7, 11) is 0. The van der Waals surface area contributed by atoms with E-state index in [2.05, 4.69) is 21.2 Å². The third-order valence-corrected chi connectivity index (χ3v) is 3.83. The van der Waals surface area contributed by atoms with E-state index in [-0.39, 0.29) is 6.10 Å². The van der Waals surface area contributed by atoms with Crippen LogP contribution in [0.3, 0.4) is 0 Å². The molecule has 0 radical (unpaired) electrons. The maximum absolute atomic E-state index is 5.97. The van der Waals surface area contributed by atoms with Gasteiger partial charge in [-0.1, -0.05) is 18.2 Å². The lowest BCUT2D eigenvalue weighted by molar-refractivity contribution is 0.242. The van der Waals surface area contributed by atoms with Crippen molar-refractivity contribution in [3.63, 3.8) is 0 Å². The van der Waals surface area contributed by atoms with E-state index in [9.17, 15) is 0 Å². The summed E-state index contributed by atoms with van der Waals surface area (Å²) in [5, 5.41) is 7.57. The first-order chi connectivity index (χ1) is 10.8. The SMILES string of the molecule is NCC1Cc2cccc(-c3ccc(-n4cnnc4)nc3)c2O1. The maximum atomic E-state index is 5.97. The van der Waals surface area contributed by atoms with E-state index in [1.165, 1.54) is 5.56 Å². The molecular formula is C16H15N5O. The van der Waals surface area contributed by atoms with Crippen molar-refractivity contribution in [2.45, 2.75) is 12.5 Å². The van der Waals surface area contributed by atoms with Crippen molar-refractivity contribution in [2.75, 3.05) is 6.54 Å². The summed E-state index contributed by atoms with van der Waals surface area (Å²) in [6.07, 6.45) is 6.02. The molecule has 1 atom stereocenters. The van der Waals surface area contributed by atoms with Crippen LogP contribution < -0.4 is 10.5 Å². The number of para-hydroxylation sites is 1. The number of nitrogens with two attached hydrogens (primary N) is 1. The van der Waals surface area contributed by atoms with Crippen LogP contribution in [-0.4, -0.2) is 32.4 Å². The van der Waals surface area contributed by atoms with E-state index >= 15 is 0 Å². The second-order valence-corrected chi connectivity index (χ2v) is 5.25. The summed E-state index contributed by atoms with van der Waals surface area (Å²) >= 11 is 0. The van der Waals surface area contributed by atoms with Crippen LogP contribution in [0.25, 0.3) is 16.9 Å². The highest BCUT2D eigenvalue weighted by atomic mass is 16.5. The lowest BCUT2D eigenvalue weighted by Crippen LogP contribution is -2.24. The summed E-state index contributed by atoms with van der Waals surface area (Å²) in [6.45, 7) is 0.527. The molecule has 3 heterocycles. The summed E-state index contributed by atoms with van der Waals surface area (Å²) < 4.78 is 7.73. The Morgan fingerprint density at radius 3 is 2.77 bits per heavy atom. The zero-order chi connectivity index (χ0) is 14.9. The molecule has 0 aliphatic carbocycles. The molecule has 22 heavy (non-hydrogen) atoms. The van der Waals surface area contributed by atoms with Gasteiger partial charge in [-0.05, 0) is 17.7 Å². The lowest BCUT2D eigenvalue weighted by Gasteiger charge is -2.11. The molecule has 1 unspecified atom stereocenters. The van der Waals surface area contributed by atoms with Gasteiger partial charge in [0.05, 0.1) is 0 Å². The molecule has 3 aromatic rings. The fourth-order valence-electron chi connectivity index (χ4n) is 2.71. The average molecular weight is 293 g/mol. The van der Waals surface area contributed by atoms with Crippen molar-refractivity contribution in [3.05, 3.63) is 54.7 Å². The lowest BCUT2D eigenvalue weighted by atomic mass is 10.0. The van der Waals surface area contributed by atoms with Gasteiger partial charge < -0.3 is 10.5 Å². The second-order valence-electron chi connectivity index (χ2n) is 5.25. The molecule has 2 aromatic heterocycles. The largest absolute Gasteiger partial charge is 0.488 e. The minimum atomic E-state index is 0.0698. The number of nitrogens with zero attached hydrogens (tertiary/aromatic N) is 4. The van der Waals surface area contributed by atoms with Crippen molar-refractivity contribution in [2.24, 2.45) is 5.73 Å². The number of rotatable bonds is 3. The van der Waals surface area contributed by atoms with Crippen molar-refractivity contribution in [1.29, 1.82) is 0 Å². The molecule has 110 valence electrons. The van der Waals surface area contributed by atoms with E-state index in [4.69, 9.17) is 10.5 Å². The van der Waals surface area contributed by atoms with Gasteiger partial charge in [0.15, 0.2) is 0 Å². The Bertz CT molecular complexity index is 783. The number of benzene rings is 1. The van der Waals surface area contributed by atoms with Crippen LogP contribution in [0.5, 0.6) is 5.75 Å². The molecule has 6 nitrogen and oxygen atoms in total. The third-order valence-electron chi connectivity index (χ3n) is 3.83. The normalized spacial score (nSPS) is 16.3. The summed E-state index contributed by atoms with van der Waals surface area (Å²) in [4.78, 5) is 4.46. The maximum Gasteiger partial charge on any atom is 0.139 e. The number of fused-ring (bicyclic) bond motifs is 1. The first-order valence-electron chi connectivity index (χ1n) is 7.15. The number of pyridine rings is 1. The fraction of sp³-hybridized carbons (Fsp3) is 0.188. The molecule has 1 aromatic carbocycles. The average Bonchev–Trinajstić information content (AvgIpc) is 3.23. The summed E-state index contributed by atoms with van der Waals surface area (Å²) in [5.41, 5.74) is 9.00. The number of ether oxygens (including phenoxy) is 1. The molecule has 0 saturated heterocycles. The van der Waals surface area contributed by atoms with Gasteiger partial charge in [-0.3, -0.25) is 4.57 Å². The van der Waals surface area contributed by atoms with Gasteiger partial charge >= 0.3 is 0 Å². The standard InChI is InChI=1S/C16H15N5O/c17-7-13-6-11-2-1-3-14(16(11)22-13)12-4-5-15(18-8-12)21-9-19-20-10-21/h1-5,8-10,13H,6-7,17H2. The van der Waals surface area contributed by atoms with Gasteiger partial charge in [-0.25, -0.2) is 4.98 Å². The first kappa shape index (κ1) is 13.0. The zero-order valence-electron chi connectivity index (χ0n) is 11.9. The highest BCUT2D eigenvalue weighted by Gasteiger charge is 2.24. The minimum absolute atomic E-state index is 0.0698. The predicted molar refractivity (Wildman–Crippen MR) is 81.8 cm³/mol. The molecule has 0 amide bonds. The Kier molecular flexibility index (Phi) is 3.08. The van der Waals surface area contributed by atoms with Crippen LogP contribution in [0.2, 0.25) is 0 Å². The monoisotopic (exact) mass is 293 g/mol. The zero-order valence-corrected chi connectivity index (χ0v) is 11.9. The van der Waals surface area contributed by atoms with Crippen LogP contribution in [0.4, 0.5) is 0 Å². The van der Waals surface area contributed by atoms with E-state index < -0.39 is 0 Å². The van der Waals surface area contributed by atoms with Crippen LogP contribution in [0.15, 0.2) is 49.2 Å². The Hall–Kier alpha value is -2.73. The first-order valence-corrected chi connectivity index (χ1v) is 7.15. The van der Waals surface area contributed by atoms with Crippen molar-refractivity contribution in [3.8, 4) is 22.7 Å². The van der Waals surface area contributed by atoms with Crippen LogP contribution >= 0.6 is 0 Å². The molecule has 0 fully saturated rings. The minimum Gasteiger partial charge on any atom is -0.488 e. The molecule has 0 saturated carbocycles. The molecule has 2 N–H and O–H groups in total. The van der Waals surface area contributed by atoms with Crippen molar-refractivity contribution >= 4 is 0 Å². The Morgan fingerprint density at radius 1 is 1.18 bits per heavy atom. The van der Waals surface area contributed by atoms with Gasteiger partial charge in [0.1, 0.15) is 30.3 Å². The smallest absolute Gasteiger partial charge is 0.139 e. The van der Waals surface area contributed by atoms with Crippen LogP contribution in [0, 0.1) is 0 Å². The van der Waals surface area contributed by atoms with Gasteiger partial charge in [-0.2, -0.15) is 0 Å².